The number of H-pyrrole nitrogens is 1. The summed E-state index contributed by atoms with van der Waals surface area (Å²) in [6.07, 6.45) is 2.58. The van der Waals surface area contributed by atoms with Crippen LogP contribution in [-0.2, 0) is 11.2 Å². The van der Waals surface area contributed by atoms with Gasteiger partial charge in [-0.2, -0.15) is 0 Å². The molecule has 0 bridgehead atoms. The highest BCUT2D eigenvalue weighted by atomic mass is 79.9. The van der Waals surface area contributed by atoms with Crippen molar-refractivity contribution in [2.45, 2.75) is 18.9 Å². The summed E-state index contributed by atoms with van der Waals surface area (Å²) in [5.74, 6) is 0.0770. The topological polar surface area (TPSA) is 56.3 Å². The number of carbonyl (C=O) groups is 1. The molecule has 1 aliphatic heterocycles. The van der Waals surface area contributed by atoms with E-state index in [2.05, 4.69) is 20.9 Å². The number of β-amino-alcohol motifs (C(OH)–C–C–N with tert-alkyl or cyclic N) is 1. The molecule has 1 aromatic heterocycles. The highest BCUT2D eigenvalue weighted by Gasteiger charge is 2.25. The van der Waals surface area contributed by atoms with Crippen LogP contribution in [0.2, 0.25) is 0 Å². The van der Waals surface area contributed by atoms with Crippen molar-refractivity contribution in [3.05, 3.63) is 34.4 Å². The number of nitrogens with one attached hydrogen (secondary N) is 1. The van der Waals surface area contributed by atoms with Gasteiger partial charge < -0.3 is 15.0 Å². The van der Waals surface area contributed by atoms with Gasteiger partial charge in [0.15, 0.2) is 0 Å². The van der Waals surface area contributed by atoms with Gasteiger partial charge in [-0.25, -0.2) is 0 Å². The summed E-state index contributed by atoms with van der Waals surface area (Å²) in [4.78, 5) is 17.1. The molecule has 2 N–H and O–H groups in total. The van der Waals surface area contributed by atoms with Gasteiger partial charge in [0, 0.05) is 34.7 Å². The fourth-order valence-electron chi connectivity index (χ4n) is 2.59. The maximum atomic E-state index is 12.2. The van der Waals surface area contributed by atoms with Gasteiger partial charge in [-0.05, 0) is 24.1 Å². The smallest absolute Gasteiger partial charge is 0.227 e. The summed E-state index contributed by atoms with van der Waals surface area (Å²) in [7, 11) is 0. The molecule has 0 radical (unpaired) electrons. The van der Waals surface area contributed by atoms with Crippen molar-refractivity contribution in [3.63, 3.8) is 0 Å². The molecule has 1 amide bonds. The van der Waals surface area contributed by atoms with E-state index in [1.165, 1.54) is 0 Å². The zero-order valence-corrected chi connectivity index (χ0v) is 12.0. The summed E-state index contributed by atoms with van der Waals surface area (Å²) in [6, 6.07) is 5.93. The van der Waals surface area contributed by atoms with Crippen molar-refractivity contribution in [1.29, 1.82) is 0 Å². The van der Waals surface area contributed by atoms with Crippen LogP contribution in [0.4, 0.5) is 0 Å². The van der Waals surface area contributed by atoms with Crippen LogP contribution < -0.4 is 0 Å². The molecule has 19 heavy (non-hydrogen) atoms. The van der Waals surface area contributed by atoms with Gasteiger partial charge in [0.05, 0.1) is 12.5 Å². The van der Waals surface area contributed by atoms with Crippen molar-refractivity contribution in [3.8, 4) is 0 Å². The third kappa shape index (κ3) is 2.40. The number of hydrogen-bond donors (Lipinski definition) is 2. The molecule has 1 aliphatic rings. The Hall–Kier alpha value is -1.33. The molecule has 1 atom stereocenters. The Morgan fingerprint density at radius 1 is 1.53 bits per heavy atom. The Bertz CT molecular complexity index is 623. The number of aromatic nitrogens is 1. The number of fused-ring (bicyclic) bond motifs is 1. The number of halogens is 1. The lowest BCUT2D eigenvalue weighted by Crippen LogP contribution is -2.30. The van der Waals surface area contributed by atoms with E-state index in [-0.39, 0.29) is 12.0 Å². The molecule has 1 fully saturated rings. The van der Waals surface area contributed by atoms with Crippen molar-refractivity contribution >= 4 is 32.7 Å². The Kier molecular flexibility index (Phi) is 3.33. The second-order valence-electron chi connectivity index (χ2n) is 4.94. The van der Waals surface area contributed by atoms with E-state index in [4.69, 9.17) is 0 Å². The number of aliphatic hydroxyl groups is 1. The first-order chi connectivity index (χ1) is 9.15. The summed E-state index contributed by atoms with van der Waals surface area (Å²) in [5, 5.41) is 10.5. The molecule has 4 nitrogen and oxygen atoms in total. The summed E-state index contributed by atoms with van der Waals surface area (Å²) in [6.45, 7) is 1.12. The highest BCUT2D eigenvalue weighted by Crippen LogP contribution is 2.27. The lowest BCUT2D eigenvalue weighted by Gasteiger charge is -2.15. The number of amides is 1. The molecule has 2 aromatic rings. The second kappa shape index (κ2) is 4.98. The van der Waals surface area contributed by atoms with E-state index in [1.807, 2.05) is 24.4 Å². The Morgan fingerprint density at radius 2 is 2.37 bits per heavy atom. The fraction of sp³-hybridized carbons (Fsp3) is 0.357. The number of rotatable bonds is 2. The molecule has 3 rings (SSSR count). The maximum Gasteiger partial charge on any atom is 0.227 e. The standard InChI is InChI=1S/C14H15BrN2O2/c15-11-2-1-3-12-14(11)9(7-16-12)6-13(19)17-5-4-10(18)8-17/h1-3,7,10,16,18H,4-6,8H2/t10-/m1/s1. The highest BCUT2D eigenvalue weighted by molar-refractivity contribution is 9.10. The Labute approximate surface area is 119 Å². The third-order valence-electron chi connectivity index (χ3n) is 3.59. The van der Waals surface area contributed by atoms with Crippen LogP contribution in [0.3, 0.4) is 0 Å². The molecule has 5 heteroatoms. The van der Waals surface area contributed by atoms with Gasteiger partial charge in [-0.3, -0.25) is 4.79 Å². The lowest BCUT2D eigenvalue weighted by atomic mass is 10.1. The summed E-state index contributed by atoms with van der Waals surface area (Å²) >= 11 is 3.52. The third-order valence-corrected chi connectivity index (χ3v) is 4.26. The normalized spacial score (nSPS) is 19.3. The first-order valence-electron chi connectivity index (χ1n) is 6.35. The van der Waals surface area contributed by atoms with Crippen molar-refractivity contribution in [1.82, 2.24) is 9.88 Å². The molecule has 0 unspecified atom stereocenters. The zero-order valence-electron chi connectivity index (χ0n) is 10.4. The molecule has 1 saturated heterocycles. The first-order valence-corrected chi connectivity index (χ1v) is 7.15. The quantitative estimate of drug-likeness (QED) is 0.889. The van der Waals surface area contributed by atoms with E-state index in [0.717, 1.165) is 20.9 Å². The lowest BCUT2D eigenvalue weighted by molar-refractivity contribution is -0.129. The Morgan fingerprint density at radius 3 is 3.11 bits per heavy atom. The van der Waals surface area contributed by atoms with Crippen molar-refractivity contribution < 1.29 is 9.90 Å². The number of carbonyl (C=O) groups excluding carboxylic acids is 1. The minimum Gasteiger partial charge on any atom is -0.391 e. The SMILES string of the molecule is O=C(Cc1c[nH]c2cccc(Br)c12)N1CC[C@@H](O)C1. The first kappa shape index (κ1) is 12.7. The van der Waals surface area contributed by atoms with E-state index >= 15 is 0 Å². The fourth-order valence-corrected chi connectivity index (χ4v) is 3.21. The number of hydrogen-bond acceptors (Lipinski definition) is 2. The maximum absolute atomic E-state index is 12.2. The molecular formula is C14H15BrN2O2. The molecule has 0 aliphatic carbocycles. The van der Waals surface area contributed by atoms with Crippen LogP contribution in [0.15, 0.2) is 28.9 Å². The van der Waals surface area contributed by atoms with Crippen LogP contribution in [0.1, 0.15) is 12.0 Å². The van der Waals surface area contributed by atoms with Crippen LogP contribution in [0.5, 0.6) is 0 Å². The van der Waals surface area contributed by atoms with Crippen molar-refractivity contribution in [2.75, 3.05) is 13.1 Å². The average molecular weight is 323 g/mol. The van der Waals surface area contributed by atoms with Crippen LogP contribution in [0, 0.1) is 0 Å². The van der Waals surface area contributed by atoms with Gasteiger partial charge in [-0.15, -0.1) is 0 Å². The number of benzene rings is 1. The second-order valence-corrected chi connectivity index (χ2v) is 5.79. The number of nitrogens with zero attached hydrogens (tertiary/aromatic N) is 1. The Balaban J connectivity index is 1.84. The van der Waals surface area contributed by atoms with Crippen molar-refractivity contribution in [2.24, 2.45) is 0 Å². The van der Waals surface area contributed by atoms with E-state index in [1.54, 1.807) is 4.90 Å². The molecule has 0 spiro atoms. The number of likely N-dealkylation sites (tertiary alicyclic amines) is 1. The number of aromatic amines is 1. The molecular weight excluding hydrogens is 308 g/mol. The average Bonchev–Trinajstić information content (AvgIpc) is 2.97. The van der Waals surface area contributed by atoms with E-state index < -0.39 is 0 Å². The van der Waals surface area contributed by atoms with Gasteiger partial charge in [-0.1, -0.05) is 22.0 Å². The van der Waals surface area contributed by atoms with Gasteiger partial charge in [0.25, 0.3) is 0 Å². The van der Waals surface area contributed by atoms with Crippen LogP contribution in [0.25, 0.3) is 10.9 Å². The summed E-state index contributed by atoms with van der Waals surface area (Å²) < 4.78 is 0.996. The minimum absolute atomic E-state index is 0.0770. The van der Waals surface area contributed by atoms with E-state index in [9.17, 15) is 9.90 Å². The van der Waals surface area contributed by atoms with Gasteiger partial charge >= 0.3 is 0 Å². The van der Waals surface area contributed by atoms with Gasteiger partial charge in [0.2, 0.25) is 5.91 Å². The molecule has 0 saturated carbocycles. The van der Waals surface area contributed by atoms with Gasteiger partial charge in [0.1, 0.15) is 0 Å². The largest absolute Gasteiger partial charge is 0.391 e. The zero-order chi connectivity index (χ0) is 13.4. The van der Waals surface area contributed by atoms with Crippen LogP contribution >= 0.6 is 15.9 Å². The molecule has 2 heterocycles. The minimum atomic E-state index is -0.362. The predicted octanol–water partition coefficient (Wildman–Crippen LogP) is 2.07. The van der Waals surface area contributed by atoms with E-state index in [0.29, 0.717) is 25.9 Å². The summed E-state index contributed by atoms with van der Waals surface area (Å²) in [5.41, 5.74) is 2.02. The monoisotopic (exact) mass is 322 g/mol. The molecule has 100 valence electrons. The van der Waals surface area contributed by atoms with Crippen LogP contribution in [-0.4, -0.2) is 40.1 Å². The predicted molar refractivity (Wildman–Crippen MR) is 76.9 cm³/mol. The molecule has 1 aromatic carbocycles. The number of aliphatic hydroxyl groups excluding tert-OH is 1.